The fourth-order valence-electron chi connectivity index (χ4n) is 1.09. The first-order valence-corrected chi connectivity index (χ1v) is 5.78. The lowest BCUT2D eigenvalue weighted by molar-refractivity contribution is 0.630. The molecule has 0 aliphatic carbocycles. The van der Waals surface area contributed by atoms with Gasteiger partial charge in [-0.15, -0.1) is 11.3 Å². The van der Waals surface area contributed by atoms with Gasteiger partial charge in [-0.1, -0.05) is 11.6 Å². The largest absolute Gasteiger partial charge is 0.244 e. The molecule has 0 amide bonds. The molecule has 1 aromatic carbocycles. The van der Waals surface area contributed by atoms with E-state index in [9.17, 15) is 4.39 Å². The van der Waals surface area contributed by atoms with Crippen LogP contribution in [-0.4, -0.2) is 4.98 Å². The van der Waals surface area contributed by atoms with Gasteiger partial charge >= 0.3 is 0 Å². The molecule has 1 aromatic heterocycles. The number of rotatable bonds is 1. The van der Waals surface area contributed by atoms with Crippen LogP contribution in [0.5, 0.6) is 0 Å². The minimum Gasteiger partial charge on any atom is -0.244 e. The summed E-state index contributed by atoms with van der Waals surface area (Å²) in [6.07, 6.45) is 1.64. The quantitative estimate of drug-likeness (QED) is 0.761. The van der Waals surface area contributed by atoms with Gasteiger partial charge in [-0.2, -0.15) is 0 Å². The molecule has 0 radical (unpaired) electrons. The van der Waals surface area contributed by atoms with E-state index < -0.39 is 0 Å². The molecule has 1 nitrogen and oxygen atoms in total. The molecule has 0 unspecified atom stereocenters. The Morgan fingerprint density at radius 2 is 2.21 bits per heavy atom. The Morgan fingerprint density at radius 1 is 1.43 bits per heavy atom. The summed E-state index contributed by atoms with van der Waals surface area (Å²) in [5.41, 5.74) is 0.462. The van der Waals surface area contributed by atoms with Crippen molar-refractivity contribution in [3.63, 3.8) is 0 Å². The molecule has 0 N–H and O–H groups in total. The topological polar surface area (TPSA) is 12.9 Å². The van der Waals surface area contributed by atoms with E-state index in [2.05, 4.69) is 20.9 Å². The zero-order chi connectivity index (χ0) is 10.1. The van der Waals surface area contributed by atoms with E-state index in [1.165, 1.54) is 17.4 Å². The molecule has 0 aliphatic heterocycles. The minimum atomic E-state index is -0.362. The second-order valence-electron chi connectivity index (χ2n) is 2.58. The van der Waals surface area contributed by atoms with Gasteiger partial charge in [-0.25, -0.2) is 9.37 Å². The number of aromatic nitrogens is 1. The molecule has 0 saturated heterocycles. The number of nitrogens with zero attached hydrogens (tertiary/aromatic N) is 1. The van der Waals surface area contributed by atoms with E-state index >= 15 is 0 Å². The molecule has 5 heteroatoms. The molecule has 2 aromatic rings. The summed E-state index contributed by atoms with van der Waals surface area (Å²) in [6, 6.07) is 2.93. The summed E-state index contributed by atoms with van der Waals surface area (Å²) in [7, 11) is 0. The van der Waals surface area contributed by atoms with Crippen molar-refractivity contribution in [2.75, 3.05) is 0 Å². The van der Waals surface area contributed by atoms with Crippen molar-refractivity contribution in [1.29, 1.82) is 0 Å². The standard InChI is InChI=1S/C9H4BrClFNS/c10-6-3-5(11)4-7(12)8(6)9-13-1-2-14-9/h1-4H. The lowest BCUT2D eigenvalue weighted by Crippen LogP contribution is -1.85. The van der Waals surface area contributed by atoms with Gasteiger partial charge in [-0.05, 0) is 28.1 Å². The molecule has 14 heavy (non-hydrogen) atoms. The molecular weight excluding hydrogens is 289 g/mol. The van der Waals surface area contributed by atoms with Crippen LogP contribution in [0.15, 0.2) is 28.2 Å². The van der Waals surface area contributed by atoms with Crippen LogP contribution in [-0.2, 0) is 0 Å². The third kappa shape index (κ3) is 1.82. The summed E-state index contributed by atoms with van der Waals surface area (Å²) in [5, 5.41) is 2.82. The third-order valence-electron chi connectivity index (χ3n) is 1.65. The average Bonchev–Trinajstić information content (AvgIpc) is 2.54. The van der Waals surface area contributed by atoms with E-state index in [4.69, 9.17) is 11.6 Å². The van der Waals surface area contributed by atoms with E-state index in [1.807, 2.05) is 0 Å². The fraction of sp³-hybridized carbons (Fsp3) is 0. The Labute approximate surface area is 97.7 Å². The van der Waals surface area contributed by atoms with Crippen molar-refractivity contribution in [2.24, 2.45) is 0 Å². The lowest BCUT2D eigenvalue weighted by atomic mass is 10.2. The molecule has 0 fully saturated rings. The number of halogens is 3. The Kier molecular flexibility index (Phi) is 2.85. The molecular formula is C9H4BrClFNS. The Hall–Kier alpha value is -0.450. The highest BCUT2D eigenvalue weighted by Crippen LogP contribution is 2.34. The van der Waals surface area contributed by atoms with Gasteiger partial charge in [0.25, 0.3) is 0 Å². The van der Waals surface area contributed by atoms with Gasteiger partial charge in [0.1, 0.15) is 10.8 Å². The molecule has 0 spiro atoms. The average molecular weight is 293 g/mol. The maximum Gasteiger partial charge on any atom is 0.136 e. The van der Waals surface area contributed by atoms with E-state index in [-0.39, 0.29) is 5.82 Å². The lowest BCUT2D eigenvalue weighted by Gasteiger charge is -2.02. The second kappa shape index (κ2) is 3.96. The molecule has 0 atom stereocenters. The predicted molar refractivity (Wildman–Crippen MR) is 60.2 cm³/mol. The van der Waals surface area contributed by atoms with Crippen LogP contribution in [0.4, 0.5) is 4.39 Å². The maximum absolute atomic E-state index is 13.5. The monoisotopic (exact) mass is 291 g/mol. The molecule has 2 rings (SSSR count). The highest BCUT2D eigenvalue weighted by atomic mass is 79.9. The SMILES string of the molecule is Fc1cc(Cl)cc(Br)c1-c1nccs1. The summed E-state index contributed by atoms with van der Waals surface area (Å²) in [6.45, 7) is 0. The minimum absolute atomic E-state index is 0.362. The van der Waals surface area contributed by atoms with Crippen molar-refractivity contribution in [3.8, 4) is 10.6 Å². The molecule has 72 valence electrons. The van der Waals surface area contributed by atoms with E-state index in [0.717, 1.165) is 0 Å². The first-order valence-electron chi connectivity index (χ1n) is 3.73. The smallest absolute Gasteiger partial charge is 0.136 e. The number of benzene rings is 1. The van der Waals surface area contributed by atoms with Crippen molar-refractivity contribution < 1.29 is 4.39 Å². The Morgan fingerprint density at radius 3 is 2.79 bits per heavy atom. The fourth-order valence-corrected chi connectivity index (χ4v) is 2.88. The van der Waals surface area contributed by atoms with Crippen LogP contribution in [0.1, 0.15) is 0 Å². The van der Waals surface area contributed by atoms with Crippen molar-refractivity contribution in [1.82, 2.24) is 4.98 Å². The number of hydrogen-bond acceptors (Lipinski definition) is 2. The summed E-state index contributed by atoms with van der Waals surface area (Å²) in [5.74, 6) is -0.362. The highest BCUT2D eigenvalue weighted by molar-refractivity contribution is 9.10. The first kappa shape index (κ1) is 10.1. The second-order valence-corrected chi connectivity index (χ2v) is 4.77. The van der Waals surface area contributed by atoms with Crippen molar-refractivity contribution in [2.45, 2.75) is 0 Å². The Balaban J connectivity index is 2.64. The molecule has 0 bridgehead atoms. The van der Waals surface area contributed by atoms with Crippen LogP contribution in [0.2, 0.25) is 5.02 Å². The van der Waals surface area contributed by atoms with Gasteiger partial charge in [0, 0.05) is 21.1 Å². The van der Waals surface area contributed by atoms with Crippen LogP contribution in [0.25, 0.3) is 10.6 Å². The summed E-state index contributed by atoms with van der Waals surface area (Å²) >= 11 is 10.3. The van der Waals surface area contributed by atoms with E-state index in [1.54, 1.807) is 17.6 Å². The normalized spacial score (nSPS) is 10.5. The summed E-state index contributed by atoms with van der Waals surface area (Å²) < 4.78 is 14.1. The van der Waals surface area contributed by atoms with E-state index in [0.29, 0.717) is 20.1 Å². The molecule has 1 heterocycles. The van der Waals surface area contributed by atoms with Crippen LogP contribution in [0.3, 0.4) is 0 Å². The molecule has 0 aliphatic rings. The maximum atomic E-state index is 13.5. The van der Waals surface area contributed by atoms with Gasteiger partial charge < -0.3 is 0 Å². The zero-order valence-corrected chi connectivity index (χ0v) is 9.96. The molecule has 0 saturated carbocycles. The Bertz CT molecular complexity index is 435. The first-order chi connectivity index (χ1) is 6.68. The van der Waals surface area contributed by atoms with Crippen molar-refractivity contribution >= 4 is 38.9 Å². The highest BCUT2D eigenvalue weighted by Gasteiger charge is 2.12. The number of hydrogen-bond donors (Lipinski definition) is 0. The van der Waals surface area contributed by atoms with Crippen molar-refractivity contribution in [3.05, 3.63) is 39.0 Å². The summed E-state index contributed by atoms with van der Waals surface area (Å²) in [4.78, 5) is 4.04. The third-order valence-corrected chi connectivity index (χ3v) is 3.29. The number of thiazole rings is 1. The van der Waals surface area contributed by atoms with Crippen LogP contribution >= 0.6 is 38.9 Å². The van der Waals surface area contributed by atoms with Crippen LogP contribution in [0, 0.1) is 5.82 Å². The van der Waals surface area contributed by atoms with Gasteiger partial charge in [0.2, 0.25) is 0 Å². The predicted octanol–water partition coefficient (Wildman–Crippen LogP) is 4.37. The van der Waals surface area contributed by atoms with Gasteiger partial charge in [0.05, 0.1) is 5.56 Å². The van der Waals surface area contributed by atoms with Gasteiger partial charge in [0.15, 0.2) is 0 Å². The van der Waals surface area contributed by atoms with Crippen LogP contribution < -0.4 is 0 Å². The van der Waals surface area contributed by atoms with Gasteiger partial charge in [-0.3, -0.25) is 0 Å². The zero-order valence-electron chi connectivity index (χ0n) is 6.80.